The third kappa shape index (κ3) is 6.04. The lowest BCUT2D eigenvalue weighted by Crippen LogP contribution is -2.16. The van der Waals surface area contributed by atoms with Crippen molar-refractivity contribution in [2.45, 2.75) is 71.3 Å². The molecule has 0 amide bonds. The van der Waals surface area contributed by atoms with Gasteiger partial charge in [-0.15, -0.1) is 0 Å². The Morgan fingerprint density at radius 2 is 1.76 bits per heavy atom. The van der Waals surface area contributed by atoms with Crippen LogP contribution in [0.5, 0.6) is 11.5 Å². The Morgan fingerprint density at radius 1 is 1.03 bits per heavy atom. The fourth-order valence-corrected chi connectivity index (χ4v) is 5.47. The van der Waals surface area contributed by atoms with Crippen LogP contribution in [-0.4, -0.2) is 25.5 Å². The van der Waals surface area contributed by atoms with Crippen LogP contribution in [0.25, 0.3) is 22.3 Å². The molecule has 2 N–H and O–H groups in total. The van der Waals surface area contributed by atoms with Gasteiger partial charge in [0, 0.05) is 18.4 Å². The molecule has 0 spiro atoms. The summed E-state index contributed by atoms with van der Waals surface area (Å²) in [4.78, 5) is 21.6. The molecule has 5 rings (SSSR count). The summed E-state index contributed by atoms with van der Waals surface area (Å²) >= 11 is 0. The summed E-state index contributed by atoms with van der Waals surface area (Å²) < 4.78 is 8.02. The first-order valence-corrected chi connectivity index (χ1v) is 13.8. The Kier molecular flexibility index (Phi) is 8.01. The number of aromatic nitrogens is 4. The minimum Gasteiger partial charge on any atom is -0.457 e. The van der Waals surface area contributed by atoms with Crippen LogP contribution >= 0.6 is 0 Å². The molecule has 0 aliphatic heterocycles. The monoisotopic (exact) mass is 511 g/mol. The molecule has 2 aromatic carbocycles. The van der Waals surface area contributed by atoms with Gasteiger partial charge in [0.1, 0.15) is 35.1 Å². The Bertz CT molecular complexity index is 1360. The molecule has 1 aliphatic carbocycles. The van der Waals surface area contributed by atoms with E-state index in [9.17, 15) is 4.79 Å². The zero-order valence-corrected chi connectivity index (χ0v) is 22.3. The van der Waals surface area contributed by atoms with Gasteiger partial charge >= 0.3 is 0 Å². The molecule has 1 unspecified atom stereocenters. The average Bonchev–Trinajstić information content (AvgIpc) is 3.16. The quantitative estimate of drug-likeness (QED) is 0.235. The molecule has 1 saturated carbocycles. The molecule has 1 fully saturated rings. The Labute approximate surface area is 224 Å². The van der Waals surface area contributed by atoms with Crippen molar-refractivity contribution in [2.75, 3.05) is 5.73 Å². The molecule has 38 heavy (non-hydrogen) atoms. The Hall–Kier alpha value is -3.74. The van der Waals surface area contributed by atoms with Crippen molar-refractivity contribution in [3.63, 3.8) is 0 Å². The van der Waals surface area contributed by atoms with Crippen molar-refractivity contribution >= 4 is 22.6 Å². The number of nitrogen functional groups attached to an aromatic ring is 1. The number of hydrogen-bond acceptors (Lipinski definition) is 6. The van der Waals surface area contributed by atoms with E-state index in [1.807, 2.05) is 59.3 Å². The van der Waals surface area contributed by atoms with Crippen LogP contribution in [0.1, 0.15) is 71.3 Å². The first kappa shape index (κ1) is 25.9. The van der Waals surface area contributed by atoms with Gasteiger partial charge in [-0.3, -0.25) is 4.79 Å². The molecule has 1 aliphatic rings. The molecular formula is C31H37N5O2. The lowest BCUT2D eigenvalue weighted by atomic mass is 9.90. The van der Waals surface area contributed by atoms with Gasteiger partial charge in [0.2, 0.25) is 0 Å². The highest BCUT2D eigenvalue weighted by atomic mass is 16.5. The van der Waals surface area contributed by atoms with Crippen LogP contribution in [-0.2, 0) is 4.79 Å². The average molecular weight is 512 g/mol. The third-order valence-corrected chi connectivity index (χ3v) is 7.49. The molecule has 2 atom stereocenters. The number of anilines is 1. The summed E-state index contributed by atoms with van der Waals surface area (Å²) in [6, 6.07) is 17.8. The topological polar surface area (TPSA) is 95.9 Å². The molecule has 4 aromatic rings. The smallest absolute Gasteiger partial charge is 0.164 e. The highest BCUT2D eigenvalue weighted by Crippen LogP contribution is 2.38. The maximum absolute atomic E-state index is 12.7. The summed E-state index contributed by atoms with van der Waals surface area (Å²) in [7, 11) is 0. The van der Waals surface area contributed by atoms with Crippen molar-refractivity contribution in [1.29, 1.82) is 0 Å². The Morgan fingerprint density at radius 3 is 2.53 bits per heavy atom. The van der Waals surface area contributed by atoms with E-state index < -0.39 is 0 Å². The van der Waals surface area contributed by atoms with Gasteiger partial charge in [-0.1, -0.05) is 44.9 Å². The maximum Gasteiger partial charge on any atom is 0.164 e. The largest absolute Gasteiger partial charge is 0.457 e. The number of nitrogens with zero attached hydrogens (tertiary/aromatic N) is 4. The van der Waals surface area contributed by atoms with Crippen LogP contribution < -0.4 is 10.5 Å². The van der Waals surface area contributed by atoms with Crippen LogP contribution in [0.15, 0.2) is 60.9 Å². The highest BCUT2D eigenvalue weighted by molar-refractivity contribution is 5.98. The number of hydrogen-bond donors (Lipinski definition) is 1. The van der Waals surface area contributed by atoms with Crippen molar-refractivity contribution < 1.29 is 9.53 Å². The maximum atomic E-state index is 12.7. The number of nitrogens with two attached hydrogens (primary N) is 1. The van der Waals surface area contributed by atoms with Gasteiger partial charge in [0.15, 0.2) is 5.65 Å². The third-order valence-electron chi connectivity index (χ3n) is 7.49. The molecule has 2 heterocycles. The van der Waals surface area contributed by atoms with E-state index >= 15 is 0 Å². The second-order valence-electron chi connectivity index (χ2n) is 10.9. The summed E-state index contributed by atoms with van der Waals surface area (Å²) in [5.41, 5.74) is 8.85. The minimum absolute atomic E-state index is 0.173. The number of Topliss-reactive ketones (excluding diaryl/α,β-unsaturated/α-hetero) is 1. The van der Waals surface area contributed by atoms with Gasteiger partial charge in [-0.25, -0.2) is 14.6 Å². The molecule has 7 heteroatoms. The SMILES string of the molecule is CC(C)CCC(=O)CC1CCCC[C@@H](n2nc(-c3ccc(Oc4ccccc4)cc3)c3c(N)ncnc32)C1. The van der Waals surface area contributed by atoms with Crippen molar-refractivity contribution in [3.05, 3.63) is 60.9 Å². The van der Waals surface area contributed by atoms with E-state index in [-0.39, 0.29) is 6.04 Å². The fourth-order valence-electron chi connectivity index (χ4n) is 5.47. The number of carbonyl (C=O) groups is 1. The summed E-state index contributed by atoms with van der Waals surface area (Å²) in [6.45, 7) is 4.35. The molecule has 0 radical (unpaired) electrons. The number of benzene rings is 2. The lowest BCUT2D eigenvalue weighted by Gasteiger charge is -2.20. The zero-order valence-electron chi connectivity index (χ0n) is 22.3. The second-order valence-corrected chi connectivity index (χ2v) is 10.9. The molecule has 7 nitrogen and oxygen atoms in total. The van der Waals surface area contributed by atoms with Gasteiger partial charge < -0.3 is 10.5 Å². The van der Waals surface area contributed by atoms with Gasteiger partial charge in [-0.2, -0.15) is 5.10 Å². The van der Waals surface area contributed by atoms with E-state index in [1.165, 1.54) is 6.33 Å². The van der Waals surface area contributed by atoms with Gasteiger partial charge in [0.25, 0.3) is 0 Å². The van der Waals surface area contributed by atoms with Crippen LogP contribution in [0.3, 0.4) is 0 Å². The number of para-hydroxylation sites is 1. The van der Waals surface area contributed by atoms with Crippen LogP contribution in [0.2, 0.25) is 0 Å². The first-order chi connectivity index (χ1) is 18.5. The van der Waals surface area contributed by atoms with Crippen molar-refractivity contribution in [3.8, 4) is 22.8 Å². The van der Waals surface area contributed by atoms with Crippen molar-refractivity contribution in [2.24, 2.45) is 11.8 Å². The summed E-state index contributed by atoms with van der Waals surface area (Å²) in [5.74, 6) is 3.28. The summed E-state index contributed by atoms with van der Waals surface area (Å²) in [6.07, 6.45) is 9.12. The number of fused-ring (bicyclic) bond motifs is 1. The fraction of sp³-hybridized carbons (Fsp3) is 0.419. The molecule has 198 valence electrons. The molecule has 0 saturated heterocycles. The molecule has 0 bridgehead atoms. The van der Waals surface area contributed by atoms with E-state index in [1.54, 1.807) is 0 Å². The number of rotatable bonds is 9. The normalized spacial score (nSPS) is 18.0. The van der Waals surface area contributed by atoms with Gasteiger partial charge in [0.05, 0.1) is 11.4 Å². The number of ether oxygens (including phenoxy) is 1. The van der Waals surface area contributed by atoms with Crippen molar-refractivity contribution in [1.82, 2.24) is 19.7 Å². The molecule has 2 aromatic heterocycles. The number of carbonyl (C=O) groups excluding carboxylic acids is 1. The van der Waals surface area contributed by atoms with Crippen LogP contribution in [0.4, 0.5) is 5.82 Å². The van der Waals surface area contributed by atoms with E-state index in [0.29, 0.717) is 36.3 Å². The van der Waals surface area contributed by atoms with Gasteiger partial charge in [-0.05, 0) is 73.9 Å². The van der Waals surface area contributed by atoms with E-state index in [4.69, 9.17) is 15.6 Å². The highest BCUT2D eigenvalue weighted by Gasteiger charge is 2.27. The second kappa shape index (κ2) is 11.8. The summed E-state index contributed by atoms with van der Waals surface area (Å²) in [5, 5.41) is 5.86. The standard InChI is InChI=1S/C31H37N5O2/c1-21(2)12-15-25(37)19-22-8-6-7-9-24(18-22)36-31-28(30(32)33-20-34-31)29(35-36)23-13-16-27(17-14-23)38-26-10-4-3-5-11-26/h3-5,10-11,13-14,16-17,20-22,24H,6-9,12,15,18-19H2,1-2H3,(H2,32,33,34)/t22?,24-/m1/s1. The minimum atomic E-state index is 0.173. The predicted octanol–water partition coefficient (Wildman–Crippen LogP) is 7.38. The van der Waals surface area contributed by atoms with E-state index in [0.717, 1.165) is 72.3 Å². The lowest BCUT2D eigenvalue weighted by molar-refractivity contribution is -0.120. The first-order valence-electron chi connectivity index (χ1n) is 13.8. The Balaban J connectivity index is 1.41. The molecular weight excluding hydrogens is 474 g/mol. The zero-order chi connectivity index (χ0) is 26.5. The van der Waals surface area contributed by atoms with Crippen LogP contribution in [0, 0.1) is 11.8 Å². The van der Waals surface area contributed by atoms with E-state index in [2.05, 4.69) is 23.8 Å². The predicted molar refractivity (Wildman–Crippen MR) is 151 cm³/mol. The number of ketones is 1.